The highest BCUT2D eigenvalue weighted by Gasteiger charge is 2.31. The van der Waals surface area contributed by atoms with E-state index in [9.17, 15) is 9.59 Å². The van der Waals surface area contributed by atoms with Gasteiger partial charge in [0.2, 0.25) is 0 Å². The molecule has 1 atom stereocenters. The Kier molecular flexibility index (Phi) is 5.78. The molecule has 0 fully saturated rings. The SMILES string of the molecule is CC(C)(C)C1CCc2c(sc3ncn(CC(=O)OCCc4ccccc4)c(=O)c23)C1. The number of fused-ring (bicyclic) bond motifs is 3. The number of carbonyl (C=O) groups is 1. The molecule has 30 heavy (non-hydrogen) atoms. The maximum absolute atomic E-state index is 13.1. The molecule has 1 aliphatic rings. The number of thiophene rings is 1. The molecule has 1 aliphatic carbocycles. The van der Waals surface area contributed by atoms with Crippen molar-refractivity contribution in [3.05, 3.63) is 63.0 Å². The zero-order valence-electron chi connectivity index (χ0n) is 17.8. The largest absolute Gasteiger partial charge is 0.464 e. The van der Waals surface area contributed by atoms with E-state index < -0.39 is 5.97 Å². The van der Waals surface area contributed by atoms with Gasteiger partial charge in [-0.3, -0.25) is 14.2 Å². The Balaban J connectivity index is 1.47. The number of nitrogens with zero attached hydrogens (tertiary/aromatic N) is 2. The van der Waals surface area contributed by atoms with Crippen molar-refractivity contribution in [1.82, 2.24) is 9.55 Å². The van der Waals surface area contributed by atoms with E-state index >= 15 is 0 Å². The number of ether oxygens (including phenoxy) is 1. The Morgan fingerprint density at radius 3 is 2.77 bits per heavy atom. The summed E-state index contributed by atoms with van der Waals surface area (Å²) in [6.45, 7) is 7.04. The molecule has 1 aromatic carbocycles. The molecule has 0 saturated carbocycles. The molecule has 1 unspecified atom stereocenters. The van der Waals surface area contributed by atoms with E-state index in [2.05, 4.69) is 25.8 Å². The van der Waals surface area contributed by atoms with E-state index in [0.717, 1.165) is 35.2 Å². The second-order valence-corrected chi connectivity index (χ2v) is 10.2. The number of carbonyl (C=O) groups excluding carboxylic acids is 1. The first-order valence-electron chi connectivity index (χ1n) is 10.5. The van der Waals surface area contributed by atoms with Crippen molar-refractivity contribution in [3.8, 4) is 0 Å². The summed E-state index contributed by atoms with van der Waals surface area (Å²) in [5.74, 6) is 0.200. The fourth-order valence-corrected chi connectivity index (χ4v) is 5.42. The Morgan fingerprint density at radius 2 is 2.03 bits per heavy atom. The highest BCUT2D eigenvalue weighted by Crippen LogP contribution is 2.41. The van der Waals surface area contributed by atoms with E-state index in [0.29, 0.717) is 24.3 Å². The molecule has 4 rings (SSSR count). The fraction of sp³-hybridized carbons (Fsp3) is 0.458. The molecule has 6 heteroatoms. The summed E-state index contributed by atoms with van der Waals surface area (Å²) in [6.07, 6.45) is 5.12. The van der Waals surface area contributed by atoms with Gasteiger partial charge in [-0.25, -0.2) is 4.98 Å². The van der Waals surface area contributed by atoms with Gasteiger partial charge in [0.15, 0.2) is 0 Å². The minimum absolute atomic E-state index is 0.105. The monoisotopic (exact) mass is 424 g/mol. The van der Waals surface area contributed by atoms with Gasteiger partial charge in [-0.05, 0) is 41.7 Å². The third kappa shape index (κ3) is 4.33. The summed E-state index contributed by atoms with van der Waals surface area (Å²) < 4.78 is 6.72. The van der Waals surface area contributed by atoms with Crippen LogP contribution in [0.3, 0.4) is 0 Å². The molecule has 5 nitrogen and oxygen atoms in total. The number of aromatic nitrogens is 2. The highest BCUT2D eigenvalue weighted by atomic mass is 32.1. The molecular weight excluding hydrogens is 396 g/mol. The van der Waals surface area contributed by atoms with Crippen molar-refractivity contribution in [2.45, 2.75) is 53.0 Å². The van der Waals surface area contributed by atoms with Crippen molar-refractivity contribution in [1.29, 1.82) is 0 Å². The molecule has 0 spiro atoms. The minimum atomic E-state index is -0.411. The van der Waals surface area contributed by atoms with Crippen molar-refractivity contribution in [2.24, 2.45) is 11.3 Å². The van der Waals surface area contributed by atoms with Gasteiger partial charge in [0.05, 0.1) is 18.3 Å². The summed E-state index contributed by atoms with van der Waals surface area (Å²) in [6, 6.07) is 9.88. The lowest BCUT2D eigenvalue weighted by Gasteiger charge is -2.33. The molecule has 2 aromatic heterocycles. The van der Waals surface area contributed by atoms with Crippen LogP contribution in [-0.2, 0) is 35.3 Å². The first-order chi connectivity index (χ1) is 14.3. The molecule has 2 heterocycles. The summed E-state index contributed by atoms with van der Waals surface area (Å²) in [7, 11) is 0. The zero-order valence-corrected chi connectivity index (χ0v) is 18.6. The molecule has 0 bridgehead atoms. The number of hydrogen-bond acceptors (Lipinski definition) is 5. The normalized spacial score (nSPS) is 16.4. The third-order valence-electron chi connectivity index (χ3n) is 6.06. The molecule has 0 saturated heterocycles. The summed E-state index contributed by atoms with van der Waals surface area (Å²) in [4.78, 5) is 31.9. The van der Waals surface area contributed by atoms with Crippen LogP contribution >= 0.6 is 11.3 Å². The second kappa shape index (κ2) is 8.34. The molecule has 158 valence electrons. The fourth-order valence-electron chi connectivity index (χ4n) is 4.17. The summed E-state index contributed by atoms with van der Waals surface area (Å²) in [5.41, 5.74) is 2.38. The van der Waals surface area contributed by atoms with Gasteiger partial charge >= 0.3 is 5.97 Å². The topological polar surface area (TPSA) is 61.2 Å². The molecular formula is C24H28N2O3S. The van der Waals surface area contributed by atoms with Crippen LogP contribution in [0.1, 0.15) is 43.2 Å². The molecule has 0 aliphatic heterocycles. The predicted molar refractivity (Wildman–Crippen MR) is 120 cm³/mol. The van der Waals surface area contributed by atoms with Crippen LogP contribution < -0.4 is 5.56 Å². The van der Waals surface area contributed by atoms with Crippen molar-refractivity contribution < 1.29 is 9.53 Å². The first kappa shape index (κ1) is 20.8. The van der Waals surface area contributed by atoms with E-state index in [4.69, 9.17) is 4.74 Å². The van der Waals surface area contributed by atoms with E-state index in [-0.39, 0.29) is 17.5 Å². The van der Waals surface area contributed by atoms with Crippen LogP contribution in [0.15, 0.2) is 41.5 Å². The van der Waals surface area contributed by atoms with Gasteiger partial charge < -0.3 is 4.74 Å². The third-order valence-corrected chi connectivity index (χ3v) is 7.22. The number of benzene rings is 1. The average molecular weight is 425 g/mol. The molecule has 0 N–H and O–H groups in total. The second-order valence-electron chi connectivity index (χ2n) is 9.12. The quantitative estimate of drug-likeness (QED) is 0.570. The van der Waals surface area contributed by atoms with Gasteiger partial charge in [-0.1, -0.05) is 51.1 Å². The maximum Gasteiger partial charge on any atom is 0.326 e. The van der Waals surface area contributed by atoms with Crippen LogP contribution in [0.5, 0.6) is 0 Å². The Labute approximate surface area is 180 Å². The lowest BCUT2D eigenvalue weighted by atomic mass is 9.72. The Morgan fingerprint density at radius 1 is 1.27 bits per heavy atom. The zero-order chi connectivity index (χ0) is 21.3. The van der Waals surface area contributed by atoms with Crippen LogP contribution in [0.4, 0.5) is 0 Å². The Bertz CT molecular complexity index is 1110. The Hall–Kier alpha value is -2.47. The van der Waals surface area contributed by atoms with Gasteiger partial charge in [0, 0.05) is 11.3 Å². The highest BCUT2D eigenvalue weighted by molar-refractivity contribution is 7.18. The van der Waals surface area contributed by atoms with Crippen molar-refractivity contribution in [2.75, 3.05) is 6.61 Å². The summed E-state index contributed by atoms with van der Waals surface area (Å²) in [5, 5.41) is 0.696. The standard InChI is InChI=1S/C24H28N2O3S/c1-24(2,3)17-9-10-18-19(13-17)30-22-21(18)23(28)26(15-25-22)14-20(27)29-12-11-16-7-5-4-6-8-16/h4-8,15,17H,9-14H2,1-3H3. The van der Waals surface area contributed by atoms with Gasteiger partial charge in [-0.15, -0.1) is 11.3 Å². The average Bonchev–Trinajstić information content (AvgIpc) is 3.09. The number of rotatable bonds is 5. The first-order valence-corrected chi connectivity index (χ1v) is 11.3. The number of aryl methyl sites for hydroxylation is 1. The maximum atomic E-state index is 13.1. The van der Waals surface area contributed by atoms with E-state index in [1.807, 2.05) is 30.3 Å². The van der Waals surface area contributed by atoms with Gasteiger partial charge in [0.25, 0.3) is 5.56 Å². The molecule has 0 amide bonds. The molecule has 0 radical (unpaired) electrons. The number of hydrogen-bond donors (Lipinski definition) is 0. The van der Waals surface area contributed by atoms with Crippen LogP contribution in [0.2, 0.25) is 0 Å². The summed E-state index contributed by atoms with van der Waals surface area (Å²) >= 11 is 1.63. The van der Waals surface area contributed by atoms with Crippen molar-refractivity contribution in [3.63, 3.8) is 0 Å². The minimum Gasteiger partial charge on any atom is -0.464 e. The van der Waals surface area contributed by atoms with Gasteiger partial charge in [0.1, 0.15) is 11.4 Å². The van der Waals surface area contributed by atoms with Crippen LogP contribution in [-0.4, -0.2) is 22.1 Å². The van der Waals surface area contributed by atoms with E-state index in [1.165, 1.54) is 15.8 Å². The molecule has 3 aromatic rings. The van der Waals surface area contributed by atoms with Crippen LogP contribution in [0, 0.1) is 11.3 Å². The van der Waals surface area contributed by atoms with Crippen molar-refractivity contribution >= 4 is 27.5 Å². The smallest absolute Gasteiger partial charge is 0.326 e. The lowest BCUT2D eigenvalue weighted by Crippen LogP contribution is -2.28. The predicted octanol–water partition coefficient (Wildman–Crippen LogP) is 4.39. The van der Waals surface area contributed by atoms with E-state index in [1.54, 1.807) is 11.3 Å². The van der Waals surface area contributed by atoms with Gasteiger partial charge in [-0.2, -0.15) is 0 Å². The van der Waals surface area contributed by atoms with Crippen LogP contribution in [0.25, 0.3) is 10.2 Å². The lowest BCUT2D eigenvalue weighted by molar-refractivity contribution is -0.144. The number of esters is 1.